The first-order valence-electron chi connectivity index (χ1n) is 10.5. The molecule has 3 aromatic heterocycles. The third-order valence-electron chi connectivity index (χ3n) is 5.87. The number of carbonyl (C=O) groups is 1. The number of fused-ring (bicyclic) bond motifs is 1. The molecule has 1 unspecified atom stereocenters. The average molecular weight is 433 g/mol. The number of piperidine rings is 1. The highest BCUT2D eigenvalue weighted by molar-refractivity contribution is 5.98. The maximum Gasteiger partial charge on any atom is 0.276 e. The zero-order valence-corrected chi connectivity index (χ0v) is 17.9. The number of likely N-dealkylation sites (tertiary alicyclic amines) is 1. The molecule has 1 N–H and O–H groups in total. The van der Waals surface area contributed by atoms with Gasteiger partial charge >= 0.3 is 0 Å². The Balaban J connectivity index is 1.42. The molecule has 0 spiro atoms. The summed E-state index contributed by atoms with van der Waals surface area (Å²) in [5.74, 6) is 0.884. The minimum Gasteiger partial charge on any atom is -0.496 e. The predicted molar refractivity (Wildman–Crippen MR) is 117 cm³/mol. The first kappa shape index (κ1) is 20.0. The zero-order chi connectivity index (χ0) is 22.2. The molecule has 1 saturated heterocycles. The molecule has 4 aromatic rings. The molecular formula is C23H23N5O4. The number of oxazole rings is 1. The summed E-state index contributed by atoms with van der Waals surface area (Å²) in [6, 6.07) is 10.8. The Morgan fingerprint density at radius 1 is 1.28 bits per heavy atom. The molecule has 0 aliphatic carbocycles. The number of hydrogen-bond donors (Lipinski definition) is 1. The molecule has 0 radical (unpaired) electrons. The number of aromatic amines is 1. The summed E-state index contributed by atoms with van der Waals surface area (Å²) in [5.41, 5.74) is 2.95. The number of para-hydroxylation sites is 1. The number of aromatic nitrogens is 4. The molecule has 1 fully saturated rings. The summed E-state index contributed by atoms with van der Waals surface area (Å²) >= 11 is 0. The number of nitrogens with one attached hydrogen (secondary N) is 1. The number of carbonyl (C=O) groups excluding carboxylic acids is 1. The van der Waals surface area contributed by atoms with E-state index in [0.717, 1.165) is 18.5 Å². The van der Waals surface area contributed by atoms with E-state index in [1.807, 2.05) is 30.3 Å². The SMILES string of the molecule is COc1ccccc1-c1ocnc1C(=O)N1CCCC(c2cc3nc(C)cc(=O)n3[nH]2)C1. The van der Waals surface area contributed by atoms with E-state index < -0.39 is 0 Å². The number of hydrogen-bond acceptors (Lipinski definition) is 6. The lowest BCUT2D eigenvalue weighted by atomic mass is 9.94. The highest BCUT2D eigenvalue weighted by Crippen LogP contribution is 2.33. The lowest BCUT2D eigenvalue weighted by Gasteiger charge is -2.31. The van der Waals surface area contributed by atoms with Crippen LogP contribution in [-0.4, -0.2) is 50.6 Å². The third kappa shape index (κ3) is 3.45. The van der Waals surface area contributed by atoms with Crippen LogP contribution in [0.25, 0.3) is 17.0 Å². The topological polar surface area (TPSA) is 106 Å². The highest BCUT2D eigenvalue weighted by atomic mass is 16.5. The third-order valence-corrected chi connectivity index (χ3v) is 5.87. The molecule has 9 heteroatoms. The number of amides is 1. The number of methoxy groups -OCH3 is 1. The van der Waals surface area contributed by atoms with Gasteiger partial charge in [0.2, 0.25) is 0 Å². The lowest BCUT2D eigenvalue weighted by molar-refractivity contribution is 0.0701. The number of H-pyrrole nitrogens is 1. The summed E-state index contributed by atoms with van der Waals surface area (Å²) < 4.78 is 12.5. The Bertz CT molecular complexity index is 1350. The molecule has 9 nitrogen and oxygen atoms in total. The van der Waals surface area contributed by atoms with E-state index >= 15 is 0 Å². The summed E-state index contributed by atoms with van der Waals surface area (Å²) in [5, 5.41) is 3.16. The number of rotatable bonds is 4. The Kier molecular flexibility index (Phi) is 5.01. The second-order valence-electron chi connectivity index (χ2n) is 7.96. The Morgan fingerprint density at radius 2 is 2.12 bits per heavy atom. The Morgan fingerprint density at radius 3 is 2.97 bits per heavy atom. The van der Waals surface area contributed by atoms with Gasteiger partial charge in [-0.25, -0.2) is 14.5 Å². The fourth-order valence-electron chi connectivity index (χ4n) is 4.32. The van der Waals surface area contributed by atoms with Gasteiger partial charge in [0, 0.05) is 42.5 Å². The van der Waals surface area contributed by atoms with Crippen molar-refractivity contribution >= 4 is 11.6 Å². The van der Waals surface area contributed by atoms with Crippen LogP contribution in [0.5, 0.6) is 5.75 Å². The molecule has 0 saturated carbocycles. The van der Waals surface area contributed by atoms with Gasteiger partial charge in [-0.2, -0.15) is 0 Å². The monoisotopic (exact) mass is 433 g/mol. The molecule has 1 aliphatic heterocycles. The van der Waals surface area contributed by atoms with Crippen molar-refractivity contribution in [3.8, 4) is 17.1 Å². The van der Waals surface area contributed by atoms with Gasteiger partial charge in [-0.05, 0) is 31.9 Å². The van der Waals surface area contributed by atoms with E-state index in [1.54, 1.807) is 18.9 Å². The Labute approximate surface area is 183 Å². The fourth-order valence-corrected chi connectivity index (χ4v) is 4.32. The molecule has 4 heterocycles. The summed E-state index contributed by atoms with van der Waals surface area (Å²) in [6.45, 7) is 2.94. The summed E-state index contributed by atoms with van der Waals surface area (Å²) in [4.78, 5) is 36.1. The standard InChI is InChI=1S/C23H23N5O4/c1-14-10-20(29)28-19(25-14)11-17(26-28)15-6-5-9-27(12-15)23(30)21-22(32-13-24-21)16-7-3-4-8-18(16)31-2/h3-4,7-8,10-11,13,15,26H,5-6,9,12H2,1-2H3. The van der Waals surface area contributed by atoms with E-state index in [9.17, 15) is 9.59 Å². The van der Waals surface area contributed by atoms with Gasteiger partial charge < -0.3 is 14.1 Å². The minimum absolute atomic E-state index is 0.0655. The average Bonchev–Trinajstić information content (AvgIpc) is 3.46. The van der Waals surface area contributed by atoms with Crippen LogP contribution >= 0.6 is 0 Å². The van der Waals surface area contributed by atoms with Gasteiger partial charge in [0.15, 0.2) is 23.5 Å². The van der Waals surface area contributed by atoms with Gasteiger partial charge in [0.1, 0.15) is 5.75 Å². The van der Waals surface area contributed by atoms with Gasteiger partial charge in [0.25, 0.3) is 11.5 Å². The maximum atomic E-state index is 13.4. The molecule has 1 amide bonds. The van der Waals surface area contributed by atoms with Crippen LogP contribution in [0.3, 0.4) is 0 Å². The first-order chi connectivity index (χ1) is 15.5. The molecule has 1 atom stereocenters. The largest absolute Gasteiger partial charge is 0.496 e. The summed E-state index contributed by atoms with van der Waals surface area (Å²) in [6.07, 6.45) is 3.03. The van der Waals surface area contributed by atoms with E-state index in [-0.39, 0.29) is 23.1 Å². The number of benzene rings is 1. The van der Waals surface area contributed by atoms with Gasteiger partial charge in [-0.3, -0.25) is 14.7 Å². The van der Waals surface area contributed by atoms with Crippen molar-refractivity contribution in [3.05, 3.63) is 70.2 Å². The van der Waals surface area contributed by atoms with Gasteiger partial charge in [-0.1, -0.05) is 12.1 Å². The normalized spacial score (nSPS) is 16.4. The molecule has 1 aliphatic rings. The van der Waals surface area contributed by atoms with Crippen LogP contribution in [0.4, 0.5) is 0 Å². The van der Waals surface area contributed by atoms with E-state index in [4.69, 9.17) is 9.15 Å². The van der Waals surface area contributed by atoms with Crippen LogP contribution in [0.2, 0.25) is 0 Å². The van der Waals surface area contributed by atoms with Crippen molar-refractivity contribution in [3.63, 3.8) is 0 Å². The number of ether oxygens (including phenoxy) is 1. The highest BCUT2D eigenvalue weighted by Gasteiger charge is 2.30. The number of nitrogens with zero attached hydrogens (tertiary/aromatic N) is 4. The molecule has 32 heavy (non-hydrogen) atoms. The predicted octanol–water partition coefficient (Wildman–Crippen LogP) is 3.01. The van der Waals surface area contributed by atoms with Crippen molar-refractivity contribution in [1.29, 1.82) is 0 Å². The van der Waals surface area contributed by atoms with Crippen molar-refractivity contribution in [1.82, 2.24) is 24.5 Å². The quantitative estimate of drug-likeness (QED) is 0.530. The van der Waals surface area contributed by atoms with Crippen LogP contribution in [-0.2, 0) is 0 Å². The smallest absolute Gasteiger partial charge is 0.276 e. The summed E-state index contributed by atoms with van der Waals surface area (Å²) in [7, 11) is 1.58. The second-order valence-corrected chi connectivity index (χ2v) is 7.96. The van der Waals surface area contributed by atoms with Crippen LogP contribution in [0.15, 0.2) is 52.0 Å². The maximum absolute atomic E-state index is 13.4. The van der Waals surface area contributed by atoms with Crippen molar-refractivity contribution in [2.75, 3.05) is 20.2 Å². The first-order valence-corrected chi connectivity index (χ1v) is 10.5. The zero-order valence-electron chi connectivity index (χ0n) is 17.9. The van der Waals surface area contributed by atoms with E-state index in [1.165, 1.54) is 17.0 Å². The van der Waals surface area contributed by atoms with E-state index in [0.29, 0.717) is 41.5 Å². The van der Waals surface area contributed by atoms with Crippen molar-refractivity contribution < 1.29 is 13.9 Å². The molecule has 1 aromatic carbocycles. The fraction of sp³-hybridized carbons (Fsp3) is 0.304. The van der Waals surface area contributed by atoms with Gasteiger partial charge in [0.05, 0.1) is 12.7 Å². The second kappa shape index (κ2) is 7.99. The van der Waals surface area contributed by atoms with Crippen LogP contribution < -0.4 is 10.3 Å². The molecule has 164 valence electrons. The van der Waals surface area contributed by atoms with Crippen LogP contribution in [0.1, 0.15) is 40.6 Å². The van der Waals surface area contributed by atoms with Gasteiger partial charge in [-0.15, -0.1) is 0 Å². The van der Waals surface area contributed by atoms with Crippen LogP contribution in [0, 0.1) is 6.92 Å². The van der Waals surface area contributed by atoms with Crippen molar-refractivity contribution in [2.24, 2.45) is 0 Å². The number of aryl methyl sites for hydroxylation is 1. The molecule has 5 rings (SSSR count). The Hall–Kier alpha value is -3.88. The van der Waals surface area contributed by atoms with E-state index in [2.05, 4.69) is 15.1 Å². The molecular weight excluding hydrogens is 410 g/mol. The lowest BCUT2D eigenvalue weighted by Crippen LogP contribution is -2.39. The van der Waals surface area contributed by atoms with Crippen molar-refractivity contribution in [2.45, 2.75) is 25.7 Å². The minimum atomic E-state index is -0.188. The molecule has 0 bridgehead atoms.